The molecule has 0 radical (unpaired) electrons. The SMILES string of the molecule is Cc1cc2c(cc1C(=O)O)N(Cc1ccc(Cl)cc1)C(=O)[C@@H](NC(=O)OC(C)(C)C)CS2. The first-order valence-electron chi connectivity index (χ1n) is 10.0. The molecule has 0 fully saturated rings. The van der Waals surface area contributed by atoms with Crippen molar-refractivity contribution < 1.29 is 24.2 Å². The average molecular weight is 477 g/mol. The van der Waals surface area contributed by atoms with Gasteiger partial charge in [0.15, 0.2) is 0 Å². The number of alkyl carbamates (subject to hydrolysis) is 1. The van der Waals surface area contributed by atoms with Gasteiger partial charge in [-0.1, -0.05) is 23.7 Å². The Kier molecular flexibility index (Phi) is 7.05. The van der Waals surface area contributed by atoms with Crippen molar-refractivity contribution in [3.8, 4) is 0 Å². The molecule has 1 heterocycles. The maximum absolute atomic E-state index is 13.5. The number of hydrogen-bond donors (Lipinski definition) is 2. The Morgan fingerprint density at radius 3 is 2.50 bits per heavy atom. The fourth-order valence-corrected chi connectivity index (χ4v) is 4.54. The largest absolute Gasteiger partial charge is 0.478 e. The van der Waals surface area contributed by atoms with E-state index in [9.17, 15) is 19.5 Å². The molecule has 170 valence electrons. The summed E-state index contributed by atoms with van der Waals surface area (Å²) in [7, 11) is 0. The normalized spacial score (nSPS) is 16.2. The molecule has 32 heavy (non-hydrogen) atoms. The number of carboxylic acids is 1. The highest BCUT2D eigenvalue weighted by Crippen LogP contribution is 2.37. The molecule has 2 aromatic carbocycles. The van der Waals surface area contributed by atoms with Crippen LogP contribution < -0.4 is 10.2 Å². The van der Waals surface area contributed by atoms with Crippen LogP contribution in [0.5, 0.6) is 0 Å². The number of halogens is 1. The van der Waals surface area contributed by atoms with Gasteiger partial charge in [-0.05, 0) is 63.1 Å². The summed E-state index contributed by atoms with van der Waals surface area (Å²) < 4.78 is 5.32. The minimum atomic E-state index is -1.07. The van der Waals surface area contributed by atoms with Gasteiger partial charge in [-0.3, -0.25) is 4.79 Å². The number of hydrogen-bond acceptors (Lipinski definition) is 5. The van der Waals surface area contributed by atoms with Crippen molar-refractivity contribution >= 4 is 47.0 Å². The van der Waals surface area contributed by atoms with Crippen LogP contribution in [-0.2, 0) is 16.1 Å². The number of carbonyl (C=O) groups excluding carboxylic acids is 2. The standard InChI is InChI=1S/C23H25ClN2O5S/c1-13-9-19-18(10-16(13)21(28)29)26(11-14-5-7-15(24)8-6-14)20(27)17(12-32-19)25-22(30)31-23(2,3)4/h5-10,17H,11-12H2,1-4H3,(H,25,30)(H,28,29)/t17-/m0/s1. The monoisotopic (exact) mass is 476 g/mol. The number of anilines is 1. The molecular formula is C23H25ClN2O5S. The first-order valence-corrected chi connectivity index (χ1v) is 11.4. The lowest BCUT2D eigenvalue weighted by Gasteiger charge is -2.27. The number of nitrogens with one attached hydrogen (secondary N) is 1. The van der Waals surface area contributed by atoms with Gasteiger partial charge >= 0.3 is 12.1 Å². The molecule has 0 aromatic heterocycles. The number of aryl methyl sites for hydroxylation is 1. The van der Waals surface area contributed by atoms with Gasteiger partial charge in [0.05, 0.1) is 17.8 Å². The molecule has 0 saturated heterocycles. The molecule has 0 bridgehead atoms. The molecular weight excluding hydrogens is 452 g/mol. The number of nitrogens with zero attached hydrogens (tertiary/aromatic N) is 1. The number of benzene rings is 2. The van der Waals surface area contributed by atoms with E-state index in [0.717, 1.165) is 10.5 Å². The highest BCUT2D eigenvalue weighted by atomic mass is 35.5. The van der Waals surface area contributed by atoms with Crippen LogP contribution >= 0.6 is 23.4 Å². The van der Waals surface area contributed by atoms with Gasteiger partial charge in [-0.25, -0.2) is 9.59 Å². The van der Waals surface area contributed by atoms with Gasteiger partial charge in [-0.2, -0.15) is 0 Å². The van der Waals surface area contributed by atoms with Crippen LogP contribution in [0, 0.1) is 6.92 Å². The summed E-state index contributed by atoms with van der Waals surface area (Å²) in [6, 6.07) is 9.49. The molecule has 2 N–H and O–H groups in total. The Balaban J connectivity index is 2.00. The van der Waals surface area contributed by atoms with Gasteiger partial charge in [0.25, 0.3) is 5.91 Å². The molecule has 2 aromatic rings. The van der Waals surface area contributed by atoms with E-state index in [1.807, 2.05) is 0 Å². The molecule has 0 aliphatic carbocycles. The predicted molar refractivity (Wildman–Crippen MR) is 125 cm³/mol. The lowest BCUT2D eigenvalue weighted by atomic mass is 10.1. The molecule has 9 heteroatoms. The molecule has 2 amide bonds. The van der Waals surface area contributed by atoms with E-state index in [0.29, 0.717) is 16.3 Å². The van der Waals surface area contributed by atoms with Crippen molar-refractivity contribution in [1.82, 2.24) is 5.32 Å². The fraction of sp³-hybridized carbons (Fsp3) is 0.348. The number of ether oxygens (including phenoxy) is 1. The van der Waals surface area contributed by atoms with Crippen LogP contribution in [0.4, 0.5) is 10.5 Å². The molecule has 1 aliphatic rings. The zero-order valence-electron chi connectivity index (χ0n) is 18.3. The third kappa shape index (κ3) is 5.75. The van der Waals surface area contributed by atoms with Gasteiger partial charge in [0.2, 0.25) is 0 Å². The highest BCUT2D eigenvalue weighted by molar-refractivity contribution is 7.99. The van der Waals surface area contributed by atoms with E-state index in [2.05, 4.69) is 5.32 Å². The number of fused-ring (bicyclic) bond motifs is 1. The quantitative estimate of drug-likeness (QED) is 0.653. The van der Waals surface area contributed by atoms with Crippen molar-refractivity contribution in [3.05, 3.63) is 58.1 Å². The predicted octanol–water partition coefficient (Wildman–Crippen LogP) is 4.88. The highest BCUT2D eigenvalue weighted by Gasteiger charge is 2.34. The lowest BCUT2D eigenvalue weighted by Crippen LogP contribution is -2.50. The third-order valence-electron chi connectivity index (χ3n) is 4.74. The summed E-state index contributed by atoms with van der Waals surface area (Å²) in [5.41, 5.74) is 1.32. The van der Waals surface area contributed by atoms with Gasteiger partial charge < -0.3 is 20.1 Å². The first-order chi connectivity index (χ1) is 14.9. The minimum Gasteiger partial charge on any atom is -0.478 e. The Morgan fingerprint density at radius 2 is 1.91 bits per heavy atom. The van der Waals surface area contributed by atoms with Crippen molar-refractivity contribution in [3.63, 3.8) is 0 Å². The molecule has 1 atom stereocenters. The third-order valence-corrected chi connectivity index (χ3v) is 6.13. The van der Waals surface area contributed by atoms with Crippen molar-refractivity contribution in [2.24, 2.45) is 0 Å². The molecule has 0 saturated carbocycles. The number of carbonyl (C=O) groups is 3. The zero-order valence-corrected chi connectivity index (χ0v) is 19.8. The average Bonchev–Trinajstić information content (AvgIpc) is 2.79. The fourth-order valence-electron chi connectivity index (χ4n) is 3.27. The summed E-state index contributed by atoms with van der Waals surface area (Å²) in [6.07, 6.45) is -0.684. The van der Waals surface area contributed by atoms with Crippen LogP contribution in [-0.4, -0.2) is 40.5 Å². The number of thioether (sulfide) groups is 1. The number of aromatic carboxylic acids is 1. The Hall–Kier alpha value is -2.71. The summed E-state index contributed by atoms with van der Waals surface area (Å²) in [5, 5.41) is 12.8. The molecule has 7 nitrogen and oxygen atoms in total. The van der Waals surface area contributed by atoms with Gasteiger partial charge in [-0.15, -0.1) is 11.8 Å². The minimum absolute atomic E-state index is 0.122. The number of rotatable bonds is 4. The number of amides is 2. The maximum Gasteiger partial charge on any atom is 0.408 e. The van der Waals surface area contributed by atoms with Crippen molar-refractivity contribution in [2.45, 2.75) is 50.8 Å². The summed E-state index contributed by atoms with van der Waals surface area (Å²) in [4.78, 5) is 39.9. The van der Waals surface area contributed by atoms with Gasteiger partial charge in [0.1, 0.15) is 11.6 Å². The lowest BCUT2D eigenvalue weighted by molar-refractivity contribution is -0.120. The van der Waals surface area contributed by atoms with Gasteiger partial charge in [0, 0.05) is 15.7 Å². The molecule has 1 aliphatic heterocycles. The summed E-state index contributed by atoms with van der Waals surface area (Å²) in [5.74, 6) is -1.13. The molecule has 0 unspecified atom stereocenters. The Bertz CT molecular complexity index is 1050. The van der Waals surface area contributed by atoms with Crippen LogP contribution in [0.25, 0.3) is 0 Å². The van der Waals surface area contributed by atoms with E-state index < -0.39 is 23.7 Å². The van der Waals surface area contributed by atoms with Crippen molar-refractivity contribution in [1.29, 1.82) is 0 Å². The van der Waals surface area contributed by atoms with Crippen LogP contribution in [0.15, 0.2) is 41.3 Å². The first kappa shape index (κ1) is 23.9. The van der Waals surface area contributed by atoms with E-state index in [-0.39, 0.29) is 23.8 Å². The second-order valence-electron chi connectivity index (χ2n) is 8.50. The van der Waals surface area contributed by atoms with E-state index in [1.165, 1.54) is 22.7 Å². The maximum atomic E-state index is 13.5. The Labute approximate surface area is 196 Å². The van der Waals surface area contributed by atoms with Crippen LogP contribution in [0.2, 0.25) is 5.02 Å². The number of carboxylic acid groups (broad SMARTS) is 1. The van der Waals surface area contributed by atoms with Crippen LogP contribution in [0.3, 0.4) is 0 Å². The second kappa shape index (κ2) is 9.42. The summed E-state index contributed by atoms with van der Waals surface area (Å²) in [6.45, 7) is 7.15. The molecule has 0 spiro atoms. The zero-order chi connectivity index (χ0) is 23.6. The second-order valence-corrected chi connectivity index (χ2v) is 10.00. The summed E-state index contributed by atoms with van der Waals surface area (Å²) >= 11 is 7.37. The van der Waals surface area contributed by atoms with E-state index in [4.69, 9.17) is 16.3 Å². The molecule has 3 rings (SSSR count). The van der Waals surface area contributed by atoms with E-state index in [1.54, 1.807) is 58.0 Å². The topological polar surface area (TPSA) is 95.9 Å². The Morgan fingerprint density at radius 1 is 1.25 bits per heavy atom. The smallest absolute Gasteiger partial charge is 0.408 e. The van der Waals surface area contributed by atoms with Crippen LogP contribution in [0.1, 0.15) is 42.3 Å². The van der Waals surface area contributed by atoms with Crippen molar-refractivity contribution in [2.75, 3.05) is 10.7 Å². The van der Waals surface area contributed by atoms with E-state index >= 15 is 0 Å².